The molecule has 4 aromatic carbocycles. The third-order valence-electron chi connectivity index (χ3n) is 7.13. The maximum atomic E-state index is 13.5. The smallest absolute Gasteiger partial charge is 0.338 e. The summed E-state index contributed by atoms with van der Waals surface area (Å²) in [4.78, 5) is 66.4. The molecule has 0 radical (unpaired) electrons. The van der Waals surface area contributed by atoms with Crippen molar-refractivity contribution in [2.45, 2.75) is 30.4 Å². The van der Waals surface area contributed by atoms with E-state index in [1.807, 2.05) is 31.2 Å². The van der Waals surface area contributed by atoms with Gasteiger partial charge in [-0.05, 0) is 85.6 Å². The molecular formula is C36H31N3O6S. The molecule has 10 heteroatoms. The predicted octanol–water partition coefficient (Wildman–Crippen LogP) is 6.01. The van der Waals surface area contributed by atoms with Crippen LogP contribution in [0.5, 0.6) is 0 Å². The van der Waals surface area contributed by atoms with Crippen molar-refractivity contribution in [2.75, 3.05) is 16.8 Å². The Labute approximate surface area is 270 Å². The zero-order valence-electron chi connectivity index (χ0n) is 25.2. The third-order valence-corrected chi connectivity index (χ3v) is 8.31. The number of thioether (sulfide) groups is 1. The van der Waals surface area contributed by atoms with Gasteiger partial charge in [0.15, 0.2) is 0 Å². The number of nitrogens with zero attached hydrogens (tertiary/aromatic N) is 1. The number of nitrogens with one attached hydrogen (secondary N) is 2. The van der Waals surface area contributed by atoms with E-state index in [0.717, 1.165) is 16.0 Å². The molecule has 0 aliphatic carbocycles. The average molecular weight is 634 g/mol. The quantitative estimate of drug-likeness (QED) is 0.125. The highest BCUT2D eigenvalue weighted by Crippen LogP contribution is 2.35. The van der Waals surface area contributed by atoms with Crippen LogP contribution in [0.1, 0.15) is 45.2 Å². The van der Waals surface area contributed by atoms with Crippen LogP contribution in [0.3, 0.4) is 0 Å². The molecule has 1 unspecified atom stereocenters. The minimum Gasteiger partial charge on any atom is -0.462 e. The number of rotatable bonds is 10. The molecule has 1 atom stereocenters. The SMILES string of the molecule is CCOC(=O)c1ccc(N2C(=O)CC(Sc3cccc(NC(=O)/C(=C/c4ccccc4C)NC(=O)c4ccccc4)c3)C2=O)cc1. The number of anilines is 2. The Hall–Kier alpha value is -5.48. The zero-order chi connectivity index (χ0) is 32.6. The summed E-state index contributed by atoms with van der Waals surface area (Å²) in [6, 6.07) is 29.2. The standard InChI is InChI=1S/C36H31N3O6S/c1-3-45-36(44)25-16-18-28(19-17-25)39-32(40)22-31(35(39)43)46-29-15-9-14-27(21-29)37-34(42)30(20-26-13-8-7-10-23(26)2)38-33(41)24-11-5-4-6-12-24/h4-21,31H,3,22H2,1-2H3,(H,37,42)(H,38,41)/b30-20-. The highest BCUT2D eigenvalue weighted by molar-refractivity contribution is 8.00. The molecule has 0 bridgehead atoms. The molecule has 46 heavy (non-hydrogen) atoms. The number of amides is 4. The van der Waals surface area contributed by atoms with Gasteiger partial charge in [0.25, 0.3) is 11.8 Å². The fourth-order valence-electron chi connectivity index (χ4n) is 4.78. The van der Waals surface area contributed by atoms with Crippen LogP contribution in [-0.2, 0) is 19.1 Å². The molecule has 232 valence electrons. The molecule has 2 N–H and O–H groups in total. The molecule has 0 saturated carbocycles. The van der Waals surface area contributed by atoms with Crippen molar-refractivity contribution < 1.29 is 28.7 Å². The topological polar surface area (TPSA) is 122 Å². The largest absolute Gasteiger partial charge is 0.462 e. The summed E-state index contributed by atoms with van der Waals surface area (Å²) in [7, 11) is 0. The summed E-state index contributed by atoms with van der Waals surface area (Å²) in [5.74, 6) is -2.16. The van der Waals surface area contributed by atoms with Gasteiger partial charge in [0.05, 0.1) is 23.1 Å². The third kappa shape index (κ3) is 7.59. The van der Waals surface area contributed by atoms with Crippen molar-refractivity contribution >= 4 is 58.8 Å². The number of benzene rings is 4. The van der Waals surface area contributed by atoms with Crippen LogP contribution in [0.2, 0.25) is 0 Å². The van der Waals surface area contributed by atoms with Gasteiger partial charge in [-0.3, -0.25) is 19.2 Å². The first kappa shape index (κ1) is 31.9. The molecule has 4 amide bonds. The Balaban J connectivity index is 1.30. The predicted molar refractivity (Wildman–Crippen MR) is 177 cm³/mol. The van der Waals surface area contributed by atoms with Gasteiger partial charge in [-0.2, -0.15) is 0 Å². The number of carbonyl (C=O) groups excluding carboxylic acids is 5. The fourth-order valence-corrected chi connectivity index (χ4v) is 5.90. The van der Waals surface area contributed by atoms with E-state index in [-0.39, 0.29) is 30.5 Å². The van der Waals surface area contributed by atoms with Crippen LogP contribution in [0.15, 0.2) is 114 Å². The number of ether oxygens (including phenoxy) is 1. The number of hydrogen-bond acceptors (Lipinski definition) is 7. The van der Waals surface area contributed by atoms with Crippen LogP contribution in [-0.4, -0.2) is 41.5 Å². The van der Waals surface area contributed by atoms with E-state index >= 15 is 0 Å². The molecular weight excluding hydrogens is 602 g/mol. The summed E-state index contributed by atoms with van der Waals surface area (Å²) in [5, 5.41) is 4.91. The summed E-state index contributed by atoms with van der Waals surface area (Å²) in [6.07, 6.45) is 1.62. The first-order chi connectivity index (χ1) is 22.2. The normalized spacial score (nSPS) is 14.6. The number of esters is 1. The molecule has 1 saturated heterocycles. The first-order valence-electron chi connectivity index (χ1n) is 14.6. The maximum absolute atomic E-state index is 13.5. The number of hydrogen-bond donors (Lipinski definition) is 2. The molecule has 5 rings (SSSR count). The Morgan fingerprint density at radius 3 is 2.33 bits per heavy atom. The average Bonchev–Trinajstić information content (AvgIpc) is 3.34. The van der Waals surface area contributed by atoms with Gasteiger partial charge in [-0.1, -0.05) is 48.5 Å². The van der Waals surface area contributed by atoms with Gasteiger partial charge in [-0.15, -0.1) is 11.8 Å². The van der Waals surface area contributed by atoms with Crippen LogP contribution >= 0.6 is 11.8 Å². The first-order valence-corrected chi connectivity index (χ1v) is 15.5. The van der Waals surface area contributed by atoms with Crippen molar-refractivity contribution in [1.82, 2.24) is 5.32 Å². The van der Waals surface area contributed by atoms with Crippen molar-refractivity contribution in [2.24, 2.45) is 0 Å². The zero-order valence-corrected chi connectivity index (χ0v) is 26.0. The molecule has 1 aliphatic heterocycles. The van der Waals surface area contributed by atoms with Crippen LogP contribution in [0.25, 0.3) is 6.08 Å². The number of imide groups is 1. The Morgan fingerprint density at radius 2 is 1.61 bits per heavy atom. The van der Waals surface area contributed by atoms with Crippen molar-refractivity contribution in [3.8, 4) is 0 Å². The van der Waals surface area contributed by atoms with E-state index in [9.17, 15) is 24.0 Å². The summed E-state index contributed by atoms with van der Waals surface area (Å²) in [6.45, 7) is 3.86. The van der Waals surface area contributed by atoms with E-state index in [1.54, 1.807) is 79.7 Å². The molecule has 1 aliphatic rings. The van der Waals surface area contributed by atoms with E-state index < -0.39 is 23.0 Å². The number of carbonyl (C=O) groups is 5. The van der Waals surface area contributed by atoms with Crippen LogP contribution < -0.4 is 15.5 Å². The Morgan fingerprint density at radius 1 is 0.891 bits per heavy atom. The summed E-state index contributed by atoms with van der Waals surface area (Å²) < 4.78 is 4.99. The Kier molecular flexibility index (Phi) is 10.1. The molecule has 0 aromatic heterocycles. The summed E-state index contributed by atoms with van der Waals surface area (Å²) in [5.41, 5.74) is 3.31. The number of aryl methyl sites for hydroxylation is 1. The van der Waals surface area contributed by atoms with Gasteiger partial charge in [0, 0.05) is 22.6 Å². The van der Waals surface area contributed by atoms with Gasteiger partial charge >= 0.3 is 5.97 Å². The lowest BCUT2D eigenvalue weighted by Gasteiger charge is -2.16. The minimum atomic E-state index is -0.676. The van der Waals surface area contributed by atoms with E-state index in [4.69, 9.17) is 4.74 Å². The Bertz CT molecular complexity index is 1820. The fraction of sp³-hybridized carbons (Fsp3) is 0.139. The van der Waals surface area contributed by atoms with Gasteiger partial charge in [0.2, 0.25) is 11.8 Å². The molecule has 9 nitrogen and oxygen atoms in total. The monoisotopic (exact) mass is 633 g/mol. The van der Waals surface area contributed by atoms with E-state index in [2.05, 4.69) is 10.6 Å². The van der Waals surface area contributed by atoms with Gasteiger partial charge < -0.3 is 15.4 Å². The lowest BCUT2D eigenvalue weighted by Crippen LogP contribution is -2.31. The molecule has 1 fully saturated rings. The van der Waals surface area contributed by atoms with Gasteiger partial charge in [0.1, 0.15) is 5.70 Å². The minimum absolute atomic E-state index is 0.00541. The van der Waals surface area contributed by atoms with Crippen LogP contribution in [0, 0.1) is 6.92 Å². The highest BCUT2D eigenvalue weighted by atomic mass is 32.2. The maximum Gasteiger partial charge on any atom is 0.338 e. The lowest BCUT2D eigenvalue weighted by atomic mass is 10.1. The van der Waals surface area contributed by atoms with Gasteiger partial charge in [-0.25, -0.2) is 9.69 Å². The second-order valence-electron chi connectivity index (χ2n) is 10.4. The molecule has 4 aromatic rings. The van der Waals surface area contributed by atoms with E-state index in [0.29, 0.717) is 27.4 Å². The molecule has 0 spiro atoms. The van der Waals surface area contributed by atoms with E-state index in [1.165, 1.54) is 23.9 Å². The molecule has 1 heterocycles. The second kappa shape index (κ2) is 14.5. The second-order valence-corrected chi connectivity index (χ2v) is 11.6. The summed E-state index contributed by atoms with van der Waals surface area (Å²) >= 11 is 1.22. The van der Waals surface area contributed by atoms with Crippen molar-refractivity contribution in [3.63, 3.8) is 0 Å². The van der Waals surface area contributed by atoms with Crippen molar-refractivity contribution in [3.05, 3.63) is 131 Å². The highest BCUT2D eigenvalue weighted by Gasteiger charge is 2.40. The van der Waals surface area contributed by atoms with Crippen molar-refractivity contribution in [1.29, 1.82) is 0 Å². The lowest BCUT2D eigenvalue weighted by molar-refractivity contribution is -0.121. The van der Waals surface area contributed by atoms with Crippen LogP contribution in [0.4, 0.5) is 11.4 Å².